The molecule has 1 saturated carbocycles. The summed E-state index contributed by atoms with van der Waals surface area (Å²) in [5.74, 6) is 1.44. The summed E-state index contributed by atoms with van der Waals surface area (Å²) >= 11 is 0. The maximum absolute atomic E-state index is 11.7. The second kappa shape index (κ2) is 6.91. The minimum atomic E-state index is -0.193. The number of pyridine rings is 1. The molecule has 1 N–H and O–H groups in total. The van der Waals surface area contributed by atoms with E-state index in [4.69, 9.17) is 9.47 Å². The summed E-state index contributed by atoms with van der Waals surface area (Å²) in [5.41, 5.74) is 3.65. The van der Waals surface area contributed by atoms with Gasteiger partial charge in [-0.05, 0) is 48.7 Å². The van der Waals surface area contributed by atoms with E-state index in [1.54, 1.807) is 24.5 Å². The lowest BCUT2D eigenvalue weighted by atomic mass is 10.2. The van der Waals surface area contributed by atoms with Crippen LogP contribution < -0.4 is 14.9 Å². The van der Waals surface area contributed by atoms with Gasteiger partial charge in [0.15, 0.2) is 11.5 Å². The van der Waals surface area contributed by atoms with Crippen LogP contribution in [0.3, 0.4) is 0 Å². The highest BCUT2D eigenvalue weighted by atomic mass is 16.6. The van der Waals surface area contributed by atoms with Crippen LogP contribution in [0.4, 0.5) is 5.82 Å². The van der Waals surface area contributed by atoms with Crippen LogP contribution in [0.5, 0.6) is 11.5 Å². The standard InChI is InChI=1S/C17H17N3O3/c1-22-15-10-12(11-19-20-16-4-2-3-9-18-16)5-8-14(15)23-17(21)13-6-7-13/h2-5,8-11,13H,6-7H2,1H3,(H,18,20)/b19-11-. The Hall–Kier alpha value is -2.89. The zero-order valence-corrected chi connectivity index (χ0v) is 12.7. The fourth-order valence-corrected chi connectivity index (χ4v) is 1.96. The number of carbonyl (C=O) groups is 1. The fraction of sp³-hybridized carbons (Fsp3) is 0.235. The van der Waals surface area contributed by atoms with E-state index in [1.165, 1.54) is 7.11 Å². The van der Waals surface area contributed by atoms with Gasteiger partial charge in [-0.3, -0.25) is 10.2 Å². The quantitative estimate of drug-likeness (QED) is 0.384. The third-order valence-electron chi connectivity index (χ3n) is 3.37. The zero-order chi connectivity index (χ0) is 16.1. The first-order chi connectivity index (χ1) is 11.3. The van der Waals surface area contributed by atoms with Crippen LogP contribution in [0.15, 0.2) is 47.7 Å². The zero-order valence-electron chi connectivity index (χ0n) is 12.7. The van der Waals surface area contributed by atoms with Crippen molar-refractivity contribution in [1.82, 2.24) is 4.98 Å². The Morgan fingerprint density at radius 2 is 2.17 bits per heavy atom. The Bertz CT molecular complexity index is 712. The molecule has 0 aliphatic heterocycles. The minimum absolute atomic E-state index is 0.0449. The molecule has 1 heterocycles. The summed E-state index contributed by atoms with van der Waals surface area (Å²) in [5, 5.41) is 4.12. The van der Waals surface area contributed by atoms with Gasteiger partial charge in [-0.1, -0.05) is 6.07 Å². The Balaban J connectivity index is 1.67. The number of hydrogen-bond acceptors (Lipinski definition) is 6. The minimum Gasteiger partial charge on any atom is -0.493 e. The molecule has 0 radical (unpaired) electrons. The molecule has 1 aliphatic rings. The van der Waals surface area contributed by atoms with E-state index in [0.717, 1.165) is 18.4 Å². The molecule has 3 rings (SSSR count). The molecule has 1 aliphatic carbocycles. The SMILES string of the molecule is COc1cc(/C=N\Nc2ccccn2)ccc1OC(=O)C1CC1. The van der Waals surface area contributed by atoms with Crippen LogP contribution >= 0.6 is 0 Å². The van der Waals surface area contributed by atoms with Crippen molar-refractivity contribution in [3.8, 4) is 11.5 Å². The number of rotatable bonds is 6. The maximum atomic E-state index is 11.7. The molecule has 0 saturated heterocycles. The average molecular weight is 311 g/mol. The number of benzene rings is 1. The molecule has 6 nitrogen and oxygen atoms in total. The van der Waals surface area contributed by atoms with Crippen LogP contribution in [0.25, 0.3) is 0 Å². The number of ether oxygens (including phenoxy) is 2. The van der Waals surface area contributed by atoms with E-state index < -0.39 is 0 Å². The highest BCUT2D eigenvalue weighted by Crippen LogP contribution is 2.34. The largest absolute Gasteiger partial charge is 0.493 e. The molecular weight excluding hydrogens is 294 g/mol. The van der Waals surface area contributed by atoms with E-state index in [2.05, 4.69) is 15.5 Å². The van der Waals surface area contributed by atoms with E-state index >= 15 is 0 Å². The van der Waals surface area contributed by atoms with Crippen LogP contribution in [0.2, 0.25) is 0 Å². The van der Waals surface area contributed by atoms with Gasteiger partial charge >= 0.3 is 5.97 Å². The van der Waals surface area contributed by atoms with Gasteiger partial charge in [0, 0.05) is 6.20 Å². The summed E-state index contributed by atoms with van der Waals surface area (Å²) < 4.78 is 10.6. The van der Waals surface area contributed by atoms with E-state index in [1.807, 2.05) is 24.3 Å². The van der Waals surface area contributed by atoms with Crippen molar-refractivity contribution in [3.05, 3.63) is 48.2 Å². The third kappa shape index (κ3) is 4.06. The molecule has 0 spiro atoms. The van der Waals surface area contributed by atoms with Gasteiger partial charge < -0.3 is 9.47 Å². The second-order valence-electron chi connectivity index (χ2n) is 5.19. The van der Waals surface area contributed by atoms with Gasteiger partial charge in [-0.2, -0.15) is 5.10 Å². The van der Waals surface area contributed by atoms with Crippen molar-refractivity contribution in [2.24, 2.45) is 11.0 Å². The summed E-state index contributed by atoms with van der Waals surface area (Å²) in [7, 11) is 1.54. The molecule has 1 fully saturated rings. The van der Waals surface area contributed by atoms with Crippen LogP contribution in [0.1, 0.15) is 18.4 Å². The summed E-state index contributed by atoms with van der Waals surface area (Å²) in [4.78, 5) is 15.8. The number of carbonyl (C=O) groups excluding carboxylic acids is 1. The molecule has 23 heavy (non-hydrogen) atoms. The van der Waals surface area contributed by atoms with Gasteiger partial charge in [0.1, 0.15) is 5.82 Å². The predicted octanol–water partition coefficient (Wildman–Crippen LogP) is 2.85. The summed E-state index contributed by atoms with van der Waals surface area (Å²) in [6.07, 6.45) is 5.14. The Kier molecular flexibility index (Phi) is 4.52. The fourth-order valence-electron chi connectivity index (χ4n) is 1.96. The Morgan fingerprint density at radius 1 is 1.30 bits per heavy atom. The maximum Gasteiger partial charge on any atom is 0.314 e. The first-order valence-corrected chi connectivity index (χ1v) is 7.36. The lowest BCUT2D eigenvalue weighted by Gasteiger charge is -2.09. The molecule has 0 unspecified atom stereocenters. The van der Waals surface area contributed by atoms with Gasteiger partial charge in [0.2, 0.25) is 0 Å². The predicted molar refractivity (Wildman–Crippen MR) is 86.8 cm³/mol. The monoisotopic (exact) mass is 311 g/mol. The average Bonchev–Trinajstić information content (AvgIpc) is 3.42. The molecule has 2 aromatic rings. The molecule has 1 aromatic heterocycles. The molecule has 118 valence electrons. The second-order valence-corrected chi connectivity index (χ2v) is 5.19. The summed E-state index contributed by atoms with van der Waals surface area (Å²) in [6, 6.07) is 10.8. The van der Waals surface area contributed by atoms with E-state index in [9.17, 15) is 4.79 Å². The van der Waals surface area contributed by atoms with Crippen molar-refractivity contribution >= 4 is 18.0 Å². The number of nitrogens with zero attached hydrogens (tertiary/aromatic N) is 2. The lowest BCUT2D eigenvalue weighted by Crippen LogP contribution is -2.10. The van der Waals surface area contributed by atoms with Crippen molar-refractivity contribution < 1.29 is 14.3 Å². The van der Waals surface area contributed by atoms with E-state index in [-0.39, 0.29) is 11.9 Å². The molecule has 0 atom stereocenters. The molecule has 0 amide bonds. The van der Waals surface area contributed by atoms with Gasteiger partial charge in [0.05, 0.1) is 19.2 Å². The van der Waals surface area contributed by atoms with Crippen LogP contribution in [-0.4, -0.2) is 24.3 Å². The number of hydrogen-bond donors (Lipinski definition) is 1. The number of methoxy groups -OCH3 is 1. The van der Waals surface area contributed by atoms with Gasteiger partial charge in [0.25, 0.3) is 0 Å². The van der Waals surface area contributed by atoms with Crippen LogP contribution in [0, 0.1) is 5.92 Å². The van der Waals surface area contributed by atoms with E-state index in [0.29, 0.717) is 17.3 Å². The van der Waals surface area contributed by atoms with Gasteiger partial charge in [-0.25, -0.2) is 4.98 Å². The number of esters is 1. The van der Waals surface area contributed by atoms with Crippen molar-refractivity contribution in [3.63, 3.8) is 0 Å². The Labute approximate surface area is 134 Å². The lowest BCUT2D eigenvalue weighted by molar-refractivity contribution is -0.135. The third-order valence-corrected chi connectivity index (χ3v) is 3.37. The first kappa shape index (κ1) is 15.0. The normalized spacial score (nSPS) is 13.8. The number of aromatic nitrogens is 1. The Morgan fingerprint density at radius 3 is 2.87 bits per heavy atom. The molecule has 1 aromatic carbocycles. The van der Waals surface area contributed by atoms with Crippen molar-refractivity contribution in [2.75, 3.05) is 12.5 Å². The number of anilines is 1. The topological polar surface area (TPSA) is 72.8 Å². The molecule has 6 heteroatoms. The van der Waals surface area contributed by atoms with Crippen LogP contribution in [-0.2, 0) is 4.79 Å². The number of nitrogens with one attached hydrogen (secondary N) is 1. The molecular formula is C17H17N3O3. The number of hydrazone groups is 1. The van der Waals surface area contributed by atoms with Crippen molar-refractivity contribution in [2.45, 2.75) is 12.8 Å². The first-order valence-electron chi connectivity index (χ1n) is 7.36. The highest BCUT2D eigenvalue weighted by Gasteiger charge is 2.32. The molecule has 0 bridgehead atoms. The van der Waals surface area contributed by atoms with Gasteiger partial charge in [-0.15, -0.1) is 0 Å². The highest BCUT2D eigenvalue weighted by molar-refractivity contribution is 5.82. The summed E-state index contributed by atoms with van der Waals surface area (Å²) in [6.45, 7) is 0. The smallest absolute Gasteiger partial charge is 0.314 e. The van der Waals surface area contributed by atoms with Crippen molar-refractivity contribution in [1.29, 1.82) is 0 Å².